The van der Waals surface area contributed by atoms with Gasteiger partial charge in [0.25, 0.3) is 5.56 Å². The highest BCUT2D eigenvalue weighted by molar-refractivity contribution is 9.10. The Hall–Kier alpha value is -1.76. The van der Waals surface area contributed by atoms with Gasteiger partial charge in [-0.1, -0.05) is 6.92 Å². The Balaban J connectivity index is 2.18. The molecule has 20 heavy (non-hydrogen) atoms. The first-order chi connectivity index (χ1) is 9.61. The molecule has 2 rings (SSSR count). The summed E-state index contributed by atoms with van der Waals surface area (Å²) in [6.45, 7) is 5.10. The lowest BCUT2D eigenvalue weighted by Gasteiger charge is -2.09. The molecule has 0 amide bonds. The third-order valence-electron chi connectivity index (χ3n) is 2.79. The van der Waals surface area contributed by atoms with E-state index >= 15 is 0 Å². The maximum atomic E-state index is 12.0. The van der Waals surface area contributed by atoms with Crippen LogP contribution in [0.4, 0.5) is 5.82 Å². The molecule has 0 fully saturated rings. The van der Waals surface area contributed by atoms with Crippen LogP contribution in [0, 0.1) is 6.92 Å². The van der Waals surface area contributed by atoms with E-state index in [0.29, 0.717) is 16.8 Å². The van der Waals surface area contributed by atoms with Gasteiger partial charge in [0, 0.05) is 12.7 Å². The average Bonchev–Trinajstić information content (AvgIpc) is 2.47. The van der Waals surface area contributed by atoms with Crippen molar-refractivity contribution in [2.24, 2.45) is 0 Å². The summed E-state index contributed by atoms with van der Waals surface area (Å²) < 4.78 is 2.00. The maximum absolute atomic E-state index is 12.0. The van der Waals surface area contributed by atoms with Gasteiger partial charge in [-0.05, 0) is 29.3 Å². The van der Waals surface area contributed by atoms with E-state index in [-0.39, 0.29) is 5.56 Å². The van der Waals surface area contributed by atoms with Gasteiger partial charge < -0.3 is 5.32 Å². The van der Waals surface area contributed by atoms with E-state index in [0.717, 1.165) is 24.5 Å². The molecule has 0 spiro atoms. The van der Waals surface area contributed by atoms with Crippen molar-refractivity contribution in [2.75, 3.05) is 11.9 Å². The van der Waals surface area contributed by atoms with Gasteiger partial charge in [-0.15, -0.1) is 0 Å². The zero-order chi connectivity index (χ0) is 14.5. The topological polar surface area (TPSA) is 72.7 Å². The molecule has 7 heteroatoms. The van der Waals surface area contributed by atoms with Gasteiger partial charge >= 0.3 is 0 Å². The van der Waals surface area contributed by atoms with Crippen molar-refractivity contribution < 1.29 is 0 Å². The van der Waals surface area contributed by atoms with Gasteiger partial charge in [0.1, 0.15) is 16.1 Å². The molecule has 106 valence electrons. The van der Waals surface area contributed by atoms with Crippen molar-refractivity contribution in [3.8, 4) is 0 Å². The van der Waals surface area contributed by atoms with Crippen molar-refractivity contribution in [1.29, 1.82) is 0 Å². The number of hydrogen-bond donors (Lipinski definition) is 1. The van der Waals surface area contributed by atoms with E-state index in [1.807, 2.05) is 0 Å². The van der Waals surface area contributed by atoms with Crippen LogP contribution >= 0.6 is 15.9 Å². The molecule has 0 aromatic carbocycles. The molecule has 2 aromatic heterocycles. The predicted octanol–water partition coefficient (Wildman–Crippen LogP) is 1.97. The Morgan fingerprint density at radius 3 is 2.70 bits per heavy atom. The lowest BCUT2D eigenvalue weighted by atomic mass is 10.4. The monoisotopic (exact) mass is 337 g/mol. The van der Waals surface area contributed by atoms with Crippen molar-refractivity contribution in [3.05, 3.63) is 44.9 Å². The highest BCUT2D eigenvalue weighted by Gasteiger charge is 2.07. The summed E-state index contributed by atoms with van der Waals surface area (Å²) in [5.74, 6) is 1.39. The summed E-state index contributed by atoms with van der Waals surface area (Å²) in [5.41, 5.74) is 0.602. The SMILES string of the molecule is CCCNc1cnc(Cn2c(C)ncc(Br)c2=O)cn1. The first-order valence-corrected chi connectivity index (χ1v) is 7.18. The standard InChI is InChI=1S/C13H16BrN5O/c1-3-4-15-12-7-17-10(5-18-12)8-19-9(2)16-6-11(14)13(19)20/h5-7H,3-4,8H2,1-2H3,(H,15,18). The molecule has 0 unspecified atom stereocenters. The summed E-state index contributed by atoms with van der Waals surface area (Å²) in [6.07, 6.45) is 5.89. The normalized spacial score (nSPS) is 10.6. The third-order valence-corrected chi connectivity index (χ3v) is 3.33. The van der Waals surface area contributed by atoms with Gasteiger partial charge in [0.05, 0.1) is 24.6 Å². The number of halogens is 1. The van der Waals surface area contributed by atoms with Crippen LogP contribution in [0.15, 0.2) is 27.9 Å². The largest absolute Gasteiger partial charge is 0.369 e. The third kappa shape index (κ3) is 3.41. The first kappa shape index (κ1) is 14.6. The molecular formula is C13H16BrN5O. The second kappa shape index (κ2) is 6.60. The smallest absolute Gasteiger partial charge is 0.268 e. The maximum Gasteiger partial charge on any atom is 0.268 e. The molecule has 2 heterocycles. The molecule has 1 N–H and O–H groups in total. The Labute approximate surface area is 125 Å². The van der Waals surface area contributed by atoms with Crippen molar-refractivity contribution in [1.82, 2.24) is 19.5 Å². The van der Waals surface area contributed by atoms with E-state index in [4.69, 9.17) is 0 Å². The van der Waals surface area contributed by atoms with Crippen molar-refractivity contribution >= 4 is 21.7 Å². The number of anilines is 1. The molecule has 0 aliphatic heterocycles. The zero-order valence-corrected chi connectivity index (χ0v) is 13.0. The summed E-state index contributed by atoms with van der Waals surface area (Å²) in [4.78, 5) is 24.8. The Bertz CT molecular complexity index is 638. The molecular weight excluding hydrogens is 322 g/mol. The number of hydrogen-bond acceptors (Lipinski definition) is 5. The molecule has 2 aromatic rings. The van der Waals surface area contributed by atoms with E-state index in [1.54, 1.807) is 23.9 Å². The van der Waals surface area contributed by atoms with Crippen LogP contribution in [0.5, 0.6) is 0 Å². The summed E-state index contributed by atoms with van der Waals surface area (Å²) in [6, 6.07) is 0. The minimum atomic E-state index is -0.118. The molecule has 0 radical (unpaired) electrons. The van der Waals surface area contributed by atoms with Gasteiger partial charge in [0.15, 0.2) is 0 Å². The summed E-state index contributed by atoms with van der Waals surface area (Å²) in [5, 5.41) is 3.16. The van der Waals surface area contributed by atoms with E-state index in [2.05, 4.69) is 43.1 Å². The molecule has 0 aliphatic rings. The zero-order valence-electron chi connectivity index (χ0n) is 11.4. The van der Waals surface area contributed by atoms with Crippen LogP contribution in [0.25, 0.3) is 0 Å². The Morgan fingerprint density at radius 1 is 1.25 bits per heavy atom. The summed E-state index contributed by atoms with van der Waals surface area (Å²) >= 11 is 3.19. The van der Waals surface area contributed by atoms with Crippen molar-refractivity contribution in [2.45, 2.75) is 26.8 Å². The molecule has 0 atom stereocenters. The van der Waals surface area contributed by atoms with Crippen LogP contribution in [-0.4, -0.2) is 26.1 Å². The van der Waals surface area contributed by atoms with E-state index < -0.39 is 0 Å². The van der Waals surface area contributed by atoms with Crippen molar-refractivity contribution in [3.63, 3.8) is 0 Å². The number of aryl methyl sites for hydroxylation is 1. The molecule has 6 nitrogen and oxygen atoms in total. The van der Waals surface area contributed by atoms with Crippen LogP contribution in [0.2, 0.25) is 0 Å². The lowest BCUT2D eigenvalue weighted by Crippen LogP contribution is -2.25. The fourth-order valence-corrected chi connectivity index (χ4v) is 2.00. The van der Waals surface area contributed by atoms with Crippen LogP contribution < -0.4 is 10.9 Å². The van der Waals surface area contributed by atoms with Crippen LogP contribution in [0.3, 0.4) is 0 Å². The van der Waals surface area contributed by atoms with E-state index in [9.17, 15) is 4.79 Å². The highest BCUT2D eigenvalue weighted by Crippen LogP contribution is 2.05. The Morgan fingerprint density at radius 2 is 2.05 bits per heavy atom. The number of nitrogens with one attached hydrogen (secondary N) is 1. The molecule has 0 aliphatic carbocycles. The van der Waals surface area contributed by atoms with Gasteiger partial charge in [-0.3, -0.25) is 14.3 Å². The number of rotatable bonds is 5. The van der Waals surface area contributed by atoms with Gasteiger partial charge in [-0.2, -0.15) is 0 Å². The molecule has 0 bridgehead atoms. The Kier molecular flexibility index (Phi) is 4.84. The average molecular weight is 338 g/mol. The molecule has 0 saturated carbocycles. The molecule has 0 saturated heterocycles. The van der Waals surface area contributed by atoms with Crippen LogP contribution in [-0.2, 0) is 6.54 Å². The highest BCUT2D eigenvalue weighted by atomic mass is 79.9. The number of nitrogens with zero attached hydrogens (tertiary/aromatic N) is 4. The van der Waals surface area contributed by atoms with Gasteiger partial charge in [-0.25, -0.2) is 9.97 Å². The first-order valence-electron chi connectivity index (χ1n) is 6.38. The second-order valence-corrected chi connectivity index (χ2v) is 5.22. The van der Waals surface area contributed by atoms with Crippen LogP contribution in [0.1, 0.15) is 24.9 Å². The predicted molar refractivity (Wildman–Crippen MR) is 80.8 cm³/mol. The summed E-state index contributed by atoms with van der Waals surface area (Å²) in [7, 11) is 0. The fraction of sp³-hybridized carbons (Fsp3) is 0.385. The quantitative estimate of drug-likeness (QED) is 0.902. The van der Waals surface area contributed by atoms with E-state index in [1.165, 1.54) is 6.20 Å². The lowest BCUT2D eigenvalue weighted by molar-refractivity contribution is 0.679. The number of aromatic nitrogens is 4. The van der Waals surface area contributed by atoms with Gasteiger partial charge in [0.2, 0.25) is 0 Å². The second-order valence-electron chi connectivity index (χ2n) is 4.36. The minimum absolute atomic E-state index is 0.118. The fourth-order valence-electron chi connectivity index (χ4n) is 1.68. The minimum Gasteiger partial charge on any atom is -0.369 e.